The first-order chi connectivity index (χ1) is 9.90. The lowest BCUT2D eigenvalue weighted by Crippen LogP contribution is -2.58. The Labute approximate surface area is 122 Å². The molecule has 4 N–H and O–H groups in total. The van der Waals surface area contributed by atoms with Crippen LogP contribution in [-0.2, 0) is 9.59 Å². The highest BCUT2D eigenvalue weighted by molar-refractivity contribution is 5.95. The van der Waals surface area contributed by atoms with Crippen molar-refractivity contribution in [2.75, 3.05) is 24.1 Å². The summed E-state index contributed by atoms with van der Waals surface area (Å²) in [6, 6.07) is 3.18. The predicted molar refractivity (Wildman–Crippen MR) is 78.1 cm³/mol. The molecule has 0 radical (unpaired) electrons. The number of hydrogen-bond donors (Lipinski definition) is 3. The summed E-state index contributed by atoms with van der Waals surface area (Å²) in [5.74, 6) is -0.878. The predicted octanol–water partition coefficient (Wildman–Crippen LogP) is 0.555. The van der Waals surface area contributed by atoms with E-state index in [-0.39, 0.29) is 23.5 Å². The summed E-state index contributed by atoms with van der Waals surface area (Å²) in [5.41, 5.74) is 5.87. The van der Waals surface area contributed by atoms with E-state index >= 15 is 0 Å². The molecule has 0 aliphatic carbocycles. The number of benzene rings is 1. The second-order valence-corrected chi connectivity index (χ2v) is 5.11. The van der Waals surface area contributed by atoms with Gasteiger partial charge >= 0.3 is 0 Å². The zero-order valence-electron chi connectivity index (χ0n) is 12.0. The molecule has 114 valence electrons. The number of carbonyl (C=O) groups is 2. The molecule has 0 saturated carbocycles. The van der Waals surface area contributed by atoms with E-state index in [1.54, 1.807) is 13.8 Å². The summed E-state index contributed by atoms with van der Waals surface area (Å²) in [6.45, 7) is 4.61. The maximum absolute atomic E-state index is 13.1. The first-order valence-electron chi connectivity index (χ1n) is 6.79. The van der Waals surface area contributed by atoms with Crippen molar-refractivity contribution in [1.82, 2.24) is 10.2 Å². The molecule has 1 saturated heterocycles. The van der Waals surface area contributed by atoms with Crippen LogP contribution in [-0.4, -0.2) is 41.9 Å². The van der Waals surface area contributed by atoms with Crippen LogP contribution in [0.5, 0.6) is 0 Å². The molecule has 1 aliphatic heterocycles. The minimum Gasteiger partial charge on any atom is -0.396 e. The first-order valence-corrected chi connectivity index (χ1v) is 6.79. The van der Waals surface area contributed by atoms with Gasteiger partial charge < -0.3 is 16.4 Å². The molecule has 2 atom stereocenters. The summed E-state index contributed by atoms with van der Waals surface area (Å²) < 4.78 is 13.1. The van der Waals surface area contributed by atoms with E-state index in [0.29, 0.717) is 18.8 Å². The molecule has 0 aromatic heterocycles. The monoisotopic (exact) mass is 294 g/mol. The standard InChI is InChI=1S/C14H19FN4O2/c1-8-13(20)17-5-6-19(8)9(2)14(21)18-10-3-4-11(15)12(16)7-10/h3-4,7-9H,5-6,16H2,1-2H3,(H,17,20)(H,18,21). The smallest absolute Gasteiger partial charge is 0.241 e. The lowest BCUT2D eigenvalue weighted by atomic mass is 10.1. The van der Waals surface area contributed by atoms with Gasteiger partial charge in [-0.1, -0.05) is 0 Å². The van der Waals surface area contributed by atoms with Crippen LogP contribution in [0, 0.1) is 5.82 Å². The van der Waals surface area contributed by atoms with Crippen LogP contribution in [0.15, 0.2) is 18.2 Å². The van der Waals surface area contributed by atoms with Crippen molar-refractivity contribution in [1.29, 1.82) is 0 Å². The summed E-state index contributed by atoms with van der Waals surface area (Å²) in [6.07, 6.45) is 0. The van der Waals surface area contributed by atoms with Gasteiger partial charge in [-0.05, 0) is 32.0 Å². The number of piperazine rings is 1. The van der Waals surface area contributed by atoms with Gasteiger partial charge in [0.05, 0.1) is 17.8 Å². The van der Waals surface area contributed by atoms with Crippen LogP contribution < -0.4 is 16.4 Å². The van der Waals surface area contributed by atoms with Gasteiger partial charge in [0.25, 0.3) is 0 Å². The maximum atomic E-state index is 13.1. The number of hydrogen-bond acceptors (Lipinski definition) is 4. The average molecular weight is 294 g/mol. The Balaban J connectivity index is 2.05. The molecule has 7 heteroatoms. The topological polar surface area (TPSA) is 87.5 Å². The van der Waals surface area contributed by atoms with Crippen molar-refractivity contribution >= 4 is 23.2 Å². The molecule has 1 aromatic rings. The second-order valence-electron chi connectivity index (χ2n) is 5.11. The van der Waals surface area contributed by atoms with Crippen LogP contribution in [0.1, 0.15) is 13.8 Å². The zero-order chi connectivity index (χ0) is 15.6. The van der Waals surface area contributed by atoms with Crippen LogP contribution in [0.4, 0.5) is 15.8 Å². The first kappa shape index (κ1) is 15.2. The van der Waals surface area contributed by atoms with Crippen LogP contribution in [0.2, 0.25) is 0 Å². The molecule has 6 nitrogen and oxygen atoms in total. The van der Waals surface area contributed by atoms with E-state index in [4.69, 9.17) is 5.73 Å². The fourth-order valence-electron chi connectivity index (χ4n) is 2.35. The number of rotatable bonds is 3. The third-order valence-corrected chi connectivity index (χ3v) is 3.69. The second kappa shape index (κ2) is 6.09. The van der Waals surface area contributed by atoms with Crippen LogP contribution in [0.25, 0.3) is 0 Å². The van der Waals surface area contributed by atoms with Gasteiger partial charge in [0, 0.05) is 18.8 Å². The van der Waals surface area contributed by atoms with E-state index in [0.717, 1.165) is 0 Å². The minimum atomic E-state index is -0.526. The van der Waals surface area contributed by atoms with Gasteiger partial charge in [0.2, 0.25) is 11.8 Å². The molecule has 2 unspecified atom stereocenters. The Kier molecular flexibility index (Phi) is 4.42. The molecule has 1 aromatic carbocycles. The maximum Gasteiger partial charge on any atom is 0.241 e. The van der Waals surface area contributed by atoms with E-state index in [1.807, 2.05) is 4.90 Å². The van der Waals surface area contributed by atoms with Gasteiger partial charge in [-0.2, -0.15) is 0 Å². The number of amides is 2. The number of carbonyl (C=O) groups excluding carboxylic acids is 2. The lowest BCUT2D eigenvalue weighted by molar-refractivity contribution is -0.132. The minimum absolute atomic E-state index is 0.0221. The third-order valence-electron chi connectivity index (χ3n) is 3.69. The van der Waals surface area contributed by atoms with Crippen LogP contribution in [0.3, 0.4) is 0 Å². The van der Waals surface area contributed by atoms with E-state index in [9.17, 15) is 14.0 Å². The lowest BCUT2D eigenvalue weighted by Gasteiger charge is -2.36. The Morgan fingerprint density at radius 2 is 2.29 bits per heavy atom. The van der Waals surface area contributed by atoms with Crippen molar-refractivity contribution in [3.8, 4) is 0 Å². The van der Waals surface area contributed by atoms with Crippen LogP contribution >= 0.6 is 0 Å². The van der Waals surface area contributed by atoms with Gasteiger partial charge in [-0.15, -0.1) is 0 Å². The van der Waals surface area contributed by atoms with Gasteiger partial charge in [0.15, 0.2) is 0 Å². The Morgan fingerprint density at radius 1 is 1.57 bits per heavy atom. The summed E-state index contributed by atoms with van der Waals surface area (Å²) >= 11 is 0. The number of anilines is 2. The van der Waals surface area contributed by atoms with E-state index in [1.165, 1.54) is 18.2 Å². The third kappa shape index (κ3) is 3.30. The fraction of sp³-hybridized carbons (Fsp3) is 0.429. The fourth-order valence-corrected chi connectivity index (χ4v) is 2.35. The number of nitrogens with one attached hydrogen (secondary N) is 2. The molecular formula is C14H19FN4O2. The molecule has 21 heavy (non-hydrogen) atoms. The Bertz CT molecular complexity index is 564. The molecule has 0 spiro atoms. The van der Waals surface area contributed by atoms with Crippen molar-refractivity contribution in [2.24, 2.45) is 0 Å². The quantitative estimate of drug-likeness (QED) is 0.711. The van der Waals surface area contributed by atoms with Gasteiger partial charge in [-0.25, -0.2) is 4.39 Å². The molecule has 1 heterocycles. The Hall–Kier alpha value is -2.15. The van der Waals surface area contributed by atoms with Crippen molar-refractivity contribution in [2.45, 2.75) is 25.9 Å². The highest BCUT2D eigenvalue weighted by Gasteiger charge is 2.32. The van der Waals surface area contributed by atoms with Gasteiger partial charge in [-0.3, -0.25) is 14.5 Å². The average Bonchev–Trinajstić information content (AvgIpc) is 2.45. The molecule has 1 fully saturated rings. The normalized spacial score (nSPS) is 20.7. The number of nitrogens with zero attached hydrogens (tertiary/aromatic N) is 1. The van der Waals surface area contributed by atoms with E-state index in [2.05, 4.69) is 10.6 Å². The molecular weight excluding hydrogens is 275 g/mol. The molecule has 2 amide bonds. The molecule has 1 aliphatic rings. The highest BCUT2D eigenvalue weighted by Crippen LogP contribution is 2.17. The molecule has 0 bridgehead atoms. The van der Waals surface area contributed by atoms with Crippen molar-refractivity contribution in [3.05, 3.63) is 24.0 Å². The number of nitrogens with two attached hydrogens (primary N) is 1. The largest absolute Gasteiger partial charge is 0.396 e. The summed E-state index contributed by atoms with van der Waals surface area (Å²) in [7, 11) is 0. The van der Waals surface area contributed by atoms with Gasteiger partial charge in [0.1, 0.15) is 5.82 Å². The summed E-state index contributed by atoms with van der Waals surface area (Å²) in [4.78, 5) is 25.7. The Morgan fingerprint density at radius 3 is 2.95 bits per heavy atom. The van der Waals surface area contributed by atoms with E-state index < -0.39 is 11.9 Å². The number of nitrogen functional groups attached to an aromatic ring is 1. The van der Waals surface area contributed by atoms with Crippen molar-refractivity contribution < 1.29 is 14.0 Å². The zero-order valence-corrected chi connectivity index (χ0v) is 12.0. The highest BCUT2D eigenvalue weighted by atomic mass is 19.1. The molecule has 2 rings (SSSR count). The number of halogens is 1. The summed E-state index contributed by atoms with van der Waals surface area (Å²) in [5, 5.41) is 5.43. The van der Waals surface area contributed by atoms with Crippen molar-refractivity contribution in [3.63, 3.8) is 0 Å². The SMILES string of the molecule is CC1C(=O)NCCN1C(C)C(=O)Nc1ccc(F)c(N)c1.